The number of aliphatic hydroxyl groups is 1. The SMILES string of the molecule is CC(C)(O)Cc1c(N2CCOCC2)nc2c(N)nc3ccccc3n12. The van der Waals surface area contributed by atoms with E-state index in [1.807, 2.05) is 42.5 Å². The standard InChI is InChI=1S/C18H23N5O2/c1-18(2,24)11-14-16(22-7-9-25-10-8-22)21-17-15(19)20-12-5-3-4-6-13(12)23(14)17/h3-6,24H,7-11H2,1-2H3,(H2,19,20). The van der Waals surface area contributed by atoms with Gasteiger partial charge in [0.1, 0.15) is 0 Å². The van der Waals surface area contributed by atoms with Crippen LogP contribution in [0.3, 0.4) is 0 Å². The third-order valence-corrected chi connectivity index (χ3v) is 4.45. The fourth-order valence-corrected chi connectivity index (χ4v) is 3.40. The molecule has 0 bridgehead atoms. The zero-order valence-corrected chi connectivity index (χ0v) is 14.6. The summed E-state index contributed by atoms with van der Waals surface area (Å²) in [5, 5.41) is 10.5. The molecular weight excluding hydrogens is 318 g/mol. The van der Waals surface area contributed by atoms with Crippen LogP contribution in [0.5, 0.6) is 0 Å². The zero-order chi connectivity index (χ0) is 17.6. The second-order valence-corrected chi connectivity index (χ2v) is 7.12. The maximum Gasteiger partial charge on any atom is 0.182 e. The highest BCUT2D eigenvalue weighted by Gasteiger charge is 2.27. The number of benzene rings is 1. The summed E-state index contributed by atoms with van der Waals surface area (Å²) < 4.78 is 7.51. The van der Waals surface area contributed by atoms with Gasteiger partial charge in [-0.05, 0) is 26.0 Å². The highest BCUT2D eigenvalue weighted by Crippen LogP contribution is 2.31. The van der Waals surface area contributed by atoms with Crippen LogP contribution < -0.4 is 10.6 Å². The number of nitrogens with two attached hydrogens (primary N) is 1. The van der Waals surface area contributed by atoms with Crippen molar-refractivity contribution in [1.29, 1.82) is 0 Å². The molecule has 0 aliphatic carbocycles. The summed E-state index contributed by atoms with van der Waals surface area (Å²) in [6, 6.07) is 7.86. The summed E-state index contributed by atoms with van der Waals surface area (Å²) in [5.74, 6) is 1.26. The molecule has 7 heteroatoms. The number of nitrogen functional groups attached to an aromatic ring is 1. The number of imidazole rings is 1. The van der Waals surface area contributed by atoms with E-state index in [0.717, 1.165) is 35.6 Å². The average Bonchev–Trinajstić information content (AvgIpc) is 2.94. The van der Waals surface area contributed by atoms with Crippen molar-refractivity contribution in [2.24, 2.45) is 0 Å². The molecule has 3 aromatic rings. The van der Waals surface area contributed by atoms with Gasteiger partial charge in [-0.2, -0.15) is 0 Å². The number of rotatable bonds is 3. The van der Waals surface area contributed by atoms with E-state index in [1.165, 1.54) is 0 Å². The molecule has 1 aliphatic rings. The Morgan fingerprint density at radius 1 is 1.20 bits per heavy atom. The molecule has 4 rings (SSSR count). The molecule has 0 radical (unpaired) electrons. The maximum atomic E-state index is 10.5. The van der Waals surface area contributed by atoms with Crippen molar-refractivity contribution in [3.8, 4) is 0 Å². The first-order valence-corrected chi connectivity index (χ1v) is 8.55. The van der Waals surface area contributed by atoms with Gasteiger partial charge < -0.3 is 20.5 Å². The van der Waals surface area contributed by atoms with Gasteiger partial charge in [-0.3, -0.25) is 4.40 Å². The summed E-state index contributed by atoms with van der Waals surface area (Å²) in [6.07, 6.45) is 0.467. The number of hydrogen-bond donors (Lipinski definition) is 2. The van der Waals surface area contributed by atoms with E-state index >= 15 is 0 Å². The van der Waals surface area contributed by atoms with E-state index in [4.69, 9.17) is 15.5 Å². The van der Waals surface area contributed by atoms with Crippen LogP contribution in [0.4, 0.5) is 11.6 Å². The number of nitrogens with zero attached hydrogens (tertiary/aromatic N) is 4. The zero-order valence-electron chi connectivity index (χ0n) is 14.6. The predicted octanol–water partition coefficient (Wildman–Crippen LogP) is 1.61. The van der Waals surface area contributed by atoms with Gasteiger partial charge in [0.15, 0.2) is 17.3 Å². The summed E-state index contributed by atoms with van der Waals surface area (Å²) >= 11 is 0. The minimum Gasteiger partial charge on any atom is -0.390 e. The first-order valence-electron chi connectivity index (χ1n) is 8.55. The fourth-order valence-electron chi connectivity index (χ4n) is 3.40. The first-order chi connectivity index (χ1) is 11.9. The Kier molecular flexibility index (Phi) is 3.77. The Hall–Kier alpha value is -2.38. The molecule has 1 saturated heterocycles. The Balaban J connectivity index is 2.02. The van der Waals surface area contributed by atoms with E-state index in [-0.39, 0.29) is 0 Å². The van der Waals surface area contributed by atoms with Gasteiger partial charge in [0.05, 0.1) is 35.5 Å². The molecule has 3 N–H and O–H groups in total. The van der Waals surface area contributed by atoms with Crippen LogP contribution in [0.15, 0.2) is 24.3 Å². The number of morpholine rings is 1. The summed E-state index contributed by atoms with van der Waals surface area (Å²) in [4.78, 5) is 11.5. The molecule has 132 valence electrons. The number of aromatic nitrogens is 3. The van der Waals surface area contributed by atoms with Crippen LogP contribution in [-0.2, 0) is 11.2 Å². The van der Waals surface area contributed by atoms with E-state index in [2.05, 4.69) is 9.88 Å². The van der Waals surface area contributed by atoms with Crippen LogP contribution in [0, 0.1) is 0 Å². The molecule has 0 unspecified atom stereocenters. The normalized spacial score (nSPS) is 16.0. The quantitative estimate of drug-likeness (QED) is 0.752. The molecule has 0 atom stereocenters. The summed E-state index contributed by atoms with van der Waals surface area (Å²) in [7, 11) is 0. The lowest BCUT2D eigenvalue weighted by molar-refractivity contribution is 0.0797. The Morgan fingerprint density at radius 2 is 1.92 bits per heavy atom. The third kappa shape index (κ3) is 2.89. The second-order valence-electron chi connectivity index (χ2n) is 7.12. The van der Waals surface area contributed by atoms with Gasteiger partial charge >= 0.3 is 0 Å². The number of para-hydroxylation sites is 2. The second kappa shape index (κ2) is 5.86. The van der Waals surface area contributed by atoms with Gasteiger partial charge in [-0.15, -0.1) is 0 Å². The smallest absolute Gasteiger partial charge is 0.182 e. The van der Waals surface area contributed by atoms with Gasteiger partial charge in [-0.1, -0.05) is 12.1 Å². The van der Waals surface area contributed by atoms with Crippen molar-refractivity contribution in [3.05, 3.63) is 30.0 Å². The molecule has 3 heterocycles. The van der Waals surface area contributed by atoms with E-state index in [9.17, 15) is 5.11 Å². The number of anilines is 2. The Labute approximate surface area is 146 Å². The van der Waals surface area contributed by atoms with Gasteiger partial charge in [0.2, 0.25) is 0 Å². The molecule has 1 aromatic carbocycles. The van der Waals surface area contributed by atoms with Crippen LogP contribution in [0.2, 0.25) is 0 Å². The Morgan fingerprint density at radius 3 is 2.64 bits per heavy atom. The molecule has 1 aliphatic heterocycles. The lowest BCUT2D eigenvalue weighted by Crippen LogP contribution is -2.37. The molecule has 25 heavy (non-hydrogen) atoms. The van der Waals surface area contributed by atoms with Crippen LogP contribution in [-0.4, -0.2) is 51.4 Å². The fraction of sp³-hybridized carbons (Fsp3) is 0.444. The van der Waals surface area contributed by atoms with Gasteiger partial charge in [-0.25, -0.2) is 9.97 Å². The van der Waals surface area contributed by atoms with Gasteiger partial charge in [0, 0.05) is 19.5 Å². The number of hydrogen-bond acceptors (Lipinski definition) is 6. The predicted molar refractivity (Wildman–Crippen MR) is 97.9 cm³/mol. The molecular formula is C18H23N5O2. The highest BCUT2D eigenvalue weighted by molar-refractivity contribution is 5.84. The molecule has 2 aromatic heterocycles. The largest absolute Gasteiger partial charge is 0.390 e. The molecule has 1 fully saturated rings. The lowest BCUT2D eigenvalue weighted by atomic mass is 10.0. The summed E-state index contributed by atoms with van der Waals surface area (Å²) in [5.41, 5.74) is 8.68. The van der Waals surface area contributed by atoms with Crippen molar-refractivity contribution in [1.82, 2.24) is 14.4 Å². The molecule has 0 amide bonds. The molecule has 7 nitrogen and oxygen atoms in total. The minimum absolute atomic E-state index is 0.398. The van der Waals surface area contributed by atoms with Crippen molar-refractivity contribution in [2.75, 3.05) is 36.9 Å². The monoisotopic (exact) mass is 341 g/mol. The van der Waals surface area contributed by atoms with E-state index in [0.29, 0.717) is 31.1 Å². The van der Waals surface area contributed by atoms with Crippen LogP contribution in [0.25, 0.3) is 16.7 Å². The van der Waals surface area contributed by atoms with Crippen LogP contribution >= 0.6 is 0 Å². The van der Waals surface area contributed by atoms with Crippen molar-refractivity contribution < 1.29 is 9.84 Å². The van der Waals surface area contributed by atoms with Crippen molar-refractivity contribution in [2.45, 2.75) is 25.9 Å². The van der Waals surface area contributed by atoms with Crippen molar-refractivity contribution >= 4 is 28.3 Å². The van der Waals surface area contributed by atoms with E-state index in [1.54, 1.807) is 0 Å². The third-order valence-electron chi connectivity index (χ3n) is 4.45. The summed E-state index contributed by atoms with van der Waals surface area (Å²) in [6.45, 7) is 6.50. The highest BCUT2D eigenvalue weighted by atomic mass is 16.5. The Bertz CT molecular complexity index is 922. The van der Waals surface area contributed by atoms with Gasteiger partial charge in [0.25, 0.3) is 0 Å². The maximum absolute atomic E-state index is 10.5. The average molecular weight is 341 g/mol. The minimum atomic E-state index is -0.865. The van der Waals surface area contributed by atoms with Crippen molar-refractivity contribution in [3.63, 3.8) is 0 Å². The number of ether oxygens (including phenoxy) is 1. The lowest BCUT2D eigenvalue weighted by Gasteiger charge is -2.29. The topological polar surface area (TPSA) is 88.9 Å². The molecule has 0 spiro atoms. The van der Waals surface area contributed by atoms with E-state index < -0.39 is 5.60 Å². The molecule has 0 saturated carbocycles. The van der Waals surface area contributed by atoms with Crippen LogP contribution in [0.1, 0.15) is 19.5 Å². The first kappa shape index (κ1) is 16.1. The number of fused-ring (bicyclic) bond motifs is 3.